The van der Waals surface area contributed by atoms with Crippen LogP contribution in [0.25, 0.3) is 0 Å². The molecule has 0 aliphatic rings. The van der Waals surface area contributed by atoms with Crippen molar-refractivity contribution < 1.29 is 14.9 Å². The maximum absolute atomic E-state index is 8.47. The van der Waals surface area contributed by atoms with Gasteiger partial charge in [-0.3, -0.25) is 5.26 Å². The monoisotopic (exact) mass is 271 g/mol. The summed E-state index contributed by atoms with van der Waals surface area (Å²) in [6.07, 6.45) is 0. The minimum Gasteiger partial charge on any atom is -0.457 e. The lowest BCUT2D eigenvalue weighted by Crippen LogP contribution is -2.02. The molecule has 3 radical (unpaired) electrons. The quantitative estimate of drug-likeness (QED) is 0.512. The molecule has 0 bridgehead atoms. The summed E-state index contributed by atoms with van der Waals surface area (Å²) in [4.78, 5) is 4.18. The summed E-state index contributed by atoms with van der Waals surface area (Å²) in [5, 5.41) is 8.47. The SMILES string of the molecule is CC(COO)c1cccc(Oc2ccccc2)c1.[Al]. The topological polar surface area (TPSA) is 38.7 Å². The standard InChI is InChI=1S/C15H16O3.Al/c1-12(11-17-16)13-6-5-9-15(10-13)18-14-7-3-2-4-8-14;/h2-10,12,16H,11H2,1H3;. The van der Waals surface area contributed by atoms with Crippen molar-refractivity contribution in [1.29, 1.82) is 0 Å². The molecule has 97 valence electrons. The van der Waals surface area contributed by atoms with Crippen LogP contribution in [0.5, 0.6) is 11.5 Å². The third-order valence-corrected chi connectivity index (χ3v) is 2.73. The lowest BCUT2D eigenvalue weighted by atomic mass is 10.0. The van der Waals surface area contributed by atoms with Crippen LogP contribution >= 0.6 is 0 Å². The van der Waals surface area contributed by atoms with Gasteiger partial charge in [0.1, 0.15) is 11.5 Å². The number of ether oxygens (including phenoxy) is 1. The van der Waals surface area contributed by atoms with Crippen molar-refractivity contribution in [2.45, 2.75) is 12.8 Å². The normalized spacial score (nSPS) is 11.5. The second kappa shape index (κ2) is 7.98. The Balaban J connectivity index is 0.00000180. The van der Waals surface area contributed by atoms with Crippen LogP contribution in [0.1, 0.15) is 18.4 Å². The third-order valence-electron chi connectivity index (χ3n) is 2.73. The van der Waals surface area contributed by atoms with Crippen LogP contribution in [0.3, 0.4) is 0 Å². The van der Waals surface area contributed by atoms with Crippen LogP contribution in [-0.4, -0.2) is 29.2 Å². The predicted molar refractivity (Wildman–Crippen MR) is 75.7 cm³/mol. The molecule has 0 amide bonds. The highest BCUT2D eigenvalue weighted by Gasteiger charge is 2.07. The minimum atomic E-state index is 0. The van der Waals surface area contributed by atoms with Gasteiger partial charge in [-0.05, 0) is 29.8 Å². The second-order valence-corrected chi connectivity index (χ2v) is 4.18. The van der Waals surface area contributed by atoms with Gasteiger partial charge in [-0.1, -0.05) is 37.3 Å². The highest BCUT2D eigenvalue weighted by atomic mass is 27.0. The molecule has 0 heterocycles. The van der Waals surface area contributed by atoms with Gasteiger partial charge in [0.15, 0.2) is 0 Å². The number of para-hydroxylation sites is 1. The van der Waals surface area contributed by atoms with Crippen LogP contribution in [-0.2, 0) is 4.89 Å². The van der Waals surface area contributed by atoms with Gasteiger partial charge < -0.3 is 4.74 Å². The van der Waals surface area contributed by atoms with Gasteiger partial charge in [-0.25, -0.2) is 4.89 Å². The van der Waals surface area contributed by atoms with Gasteiger partial charge in [0.05, 0.1) is 6.61 Å². The minimum absolute atomic E-state index is 0. The van der Waals surface area contributed by atoms with Gasteiger partial charge in [-0.2, -0.15) is 0 Å². The van der Waals surface area contributed by atoms with Crippen molar-refractivity contribution in [3.05, 3.63) is 60.2 Å². The van der Waals surface area contributed by atoms with Crippen molar-refractivity contribution in [3.8, 4) is 11.5 Å². The first-order valence-electron chi connectivity index (χ1n) is 5.89. The summed E-state index contributed by atoms with van der Waals surface area (Å²) in [5.41, 5.74) is 1.07. The first kappa shape index (κ1) is 15.7. The van der Waals surface area contributed by atoms with Gasteiger partial charge in [0.2, 0.25) is 0 Å². The van der Waals surface area contributed by atoms with E-state index in [1.165, 1.54) is 0 Å². The average molecular weight is 271 g/mol. The second-order valence-electron chi connectivity index (χ2n) is 4.18. The molecule has 1 unspecified atom stereocenters. The fourth-order valence-corrected chi connectivity index (χ4v) is 1.72. The van der Waals surface area contributed by atoms with Gasteiger partial charge in [0.25, 0.3) is 0 Å². The van der Waals surface area contributed by atoms with Crippen molar-refractivity contribution >= 4 is 17.4 Å². The zero-order valence-electron chi connectivity index (χ0n) is 10.8. The Morgan fingerprint density at radius 2 is 1.68 bits per heavy atom. The Kier molecular flexibility index (Phi) is 6.62. The maximum Gasteiger partial charge on any atom is 0.127 e. The average Bonchev–Trinajstić information content (AvgIpc) is 2.40. The highest BCUT2D eigenvalue weighted by molar-refractivity contribution is 5.75. The molecule has 3 nitrogen and oxygen atoms in total. The summed E-state index contributed by atoms with van der Waals surface area (Å²) in [5.74, 6) is 1.71. The number of benzene rings is 2. The summed E-state index contributed by atoms with van der Waals surface area (Å²) in [6, 6.07) is 17.4. The van der Waals surface area contributed by atoms with E-state index in [4.69, 9.17) is 9.99 Å². The molecule has 0 aliphatic carbocycles. The number of hydrogen-bond donors (Lipinski definition) is 1. The van der Waals surface area contributed by atoms with E-state index in [0.717, 1.165) is 17.1 Å². The van der Waals surface area contributed by atoms with Gasteiger partial charge in [-0.15, -0.1) is 0 Å². The van der Waals surface area contributed by atoms with E-state index in [-0.39, 0.29) is 29.9 Å². The summed E-state index contributed by atoms with van der Waals surface area (Å²) in [7, 11) is 0. The van der Waals surface area contributed by atoms with Gasteiger partial charge >= 0.3 is 0 Å². The molecule has 0 saturated heterocycles. The third kappa shape index (κ3) is 4.70. The molecule has 1 N–H and O–H groups in total. The molecule has 4 heteroatoms. The van der Waals surface area contributed by atoms with Crippen LogP contribution in [0, 0.1) is 0 Å². The molecular weight excluding hydrogens is 255 g/mol. The van der Waals surface area contributed by atoms with Crippen molar-refractivity contribution in [3.63, 3.8) is 0 Å². The lowest BCUT2D eigenvalue weighted by molar-refractivity contribution is -0.245. The van der Waals surface area contributed by atoms with E-state index in [2.05, 4.69) is 4.89 Å². The molecule has 2 rings (SSSR count). The molecule has 2 aromatic rings. The Hall–Kier alpha value is -1.31. The smallest absolute Gasteiger partial charge is 0.127 e. The Bertz CT molecular complexity index is 488. The van der Waals surface area contributed by atoms with Crippen molar-refractivity contribution in [2.24, 2.45) is 0 Å². The van der Waals surface area contributed by atoms with Crippen molar-refractivity contribution in [2.75, 3.05) is 6.61 Å². The first-order valence-corrected chi connectivity index (χ1v) is 5.89. The molecule has 1 atom stereocenters. The number of rotatable bonds is 5. The molecule has 19 heavy (non-hydrogen) atoms. The molecule has 0 spiro atoms. The Morgan fingerprint density at radius 3 is 2.37 bits per heavy atom. The van der Waals surface area contributed by atoms with E-state index >= 15 is 0 Å². The highest BCUT2D eigenvalue weighted by Crippen LogP contribution is 2.25. The maximum atomic E-state index is 8.47. The van der Waals surface area contributed by atoms with Crippen LogP contribution < -0.4 is 4.74 Å². The number of hydrogen-bond acceptors (Lipinski definition) is 3. The molecular formula is C15H16AlO3. The van der Waals surface area contributed by atoms with Crippen LogP contribution in [0.4, 0.5) is 0 Å². The molecule has 0 saturated carbocycles. The predicted octanol–water partition coefficient (Wildman–Crippen LogP) is 3.69. The molecule has 0 aromatic heterocycles. The lowest BCUT2D eigenvalue weighted by Gasteiger charge is -2.11. The fourth-order valence-electron chi connectivity index (χ4n) is 1.72. The van der Waals surface area contributed by atoms with Crippen molar-refractivity contribution in [1.82, 2.24) is 0 Å². The van der Waals surface area contributed by atoms with E-state index in [1.807, 2.05) is 61.5 Å². The Morgan fingerprint density at radius 1 is 1.00 bits per heavy atom. The van der Waals surface area contributed by atoms with Crippen LogP contribution in [0.2, 0.25) is 0 Å². The van der Waals surface area contributed by atoms with E-state index in [9.17, 15) is 0 Å². The summed E-state index contributed by atoms with van der Waals surface area (Å²) in [6.45, 7) is 2.26. The summed E-state index contributed by atoms with van der Waals surface area (Å²) >= 11 is 0. The van der Waals surface area contributed by atoms with Gasteiger partial charge in [0, 0.05) is 23.3 Å². The zero-order valence-corrected chi connectivity index (χ0v) is 12.0. The molecule has 2 aromatic carbocycles. The molecule has 0 fully saturated rings. The molecule has 0 aliphatic heterocycles. The van der Waals surface area contributed by atoms with Crippen LogP contribution in [0.15, 0.2) is 54.6 Å². The largest absolute Gasteiger partial charge is 0.457 e. The Labute approximate surface area is 123 Å². The fraction of sp³-hybridized carbons (Fsp3) is 0.200. The zero-order chi connectivity index (χ0) is 12.8. The summed E-state index contributed by atoms with van der Waals surface area (Å²) < 4.78 is 5.74. The van der Waals surface area contributed by atoms with E-state index < -0.39 is 0 Å². The van der Waals surface area contributed by atoms with E-state index in [1.54, 1.807) is 0 Å². The van der Waals surface area contributed by atoms with E-state index in [0.29, 0.717) is 0 Å². The first-order chi connectivity index (χ1) is 8.79.